The Morgan fingerprint density at radius 2 is 2.00 bits per heavy atom. The third-order valence-corrected chi connectivity index (χ3v) is 2.14. The predicted molar refractivity (Wildman–Crippen MR) is 59.9 cm³/mol. The van der Waals surface area contributed by atoms with Crippen molar-refractivity contribution in [3.63, 3.8) is 0 Å². The van der Waals surface area contributed by atoms with Gasteiger partial charge in [-0.15, -0.1) is 0 Å². The summed E-state index contributed by atoms with van der Waals surface area (Å²) in [5, 5.41) is 20.1. The second-order valence-electron chi connectivity index (χ2n) is 3.49. The minimum Gasteiger partial charge on any atom is -0.508 e. The van der Waals surface area contributed by atoms with Crippen molar-refractivity contribution >= 4 is 5.91 Å². The highest BCUT2D eigenvalue weighted by atomic mass is 16.3. The number of aliphatic hydroxyl groups excluding tert-OH is 1. The second kappa shape index (κ2) is 6.09. The van der Waals surface area contributed by atoms with E-state index in [0.717, 1.165) is 5.56 Å². The fourth-order valence-corrected chi connectivity index (χ4v) is 1.29. The van der Waals surface area contributed by atoms with E-state index in [0.29, 0.717) is 6.42 Å². The van der Waals surface area contributed by atoms with E-state index < -0.39 is 6.04 Å². The summed E-state index contributed by atoms with van der Waals surface area (Å²) in [5.74, 6) is -0.107. The molecule has 1 aromatic carbocycles. The lowest BCUT2D eigenvalue weighted by atomic mass is 10.1. The van der Waals surface area contributed by atoms with Gasteiger partial charge in [0.1, 0.15) is 5.75 Å². The van der Waals surface area contributed by atoms with Crippen LogP contribution in [0.2, 0.25) is 0 Å². The fourth-order valence-electron chi connectivity index (χ4n) is 1.29. The molecule has 1 atom stereocenters. The fraction of sp³-hybridized carbons (Fsp3) is 0.364. The van der Waals surface area contributed by atoms with Gasteiger partial charge in [0.05, 0.1) is 12.6 Å². The lowest BCUT2D eigenvalue weighted by molar-refractivity contribution is -0.122. The van der Waals surface area contributed by atoms with Gasteiger partial charge in [-0.1, -0.05) is 12.1 Å². The maximum Gasteiger partial charge on any atom is 0.237 e. The highest BCUT2D eigenvalue weighted by Gasteiger charge is 2.12. The first-order valence-electron chi connectivity index (χ1n) is 5.05. The van der Waals surface area contributed by atoms with Crippen molar-refractivity contribution in [3.8, 4) is 5.75 Å². The van der Waals surface area contributed by atoms with Crippen LogP contribution in [0.25, 0.3) is 0 Å². The van der Waals surface area contributed by atoms with Crippen LogP contribution in [0.15, 0.2) is 24.3 Å². The summed E-state index contributed by atoms with van der Waals surface area (Å²) in [5.41, 5.74) is 6.55. The topological polar surface area (TPSA) is 95.6 Å². The Balaban J connectivity index is 2.47. The van der Waals surface area contributed by atoms with Crippen LogP contribution in [0.5, 0.6) is 5.75 Å². The van der Waals surface area contributed by atoms with Crippen LogP contribution in [0.4, 0.5) is 0 Å². The summed E-state index contributed by atoms with van der Waals surface area (Å²) >= 11 is 0. The molecule has 0 spiro atoms. The van der Waals surface area contributed by atoms with Crippen molar-refractivity contribution in [3.05, 3.63) is 29.8 Å². The molecule has 88 valence electrons. The molecule has 0 radical (unpaired) electrons. The third kappa shape index (κ3) is 3.88. The third-order valence-electron chi connectivity index (χ3n) is 2.14. The van der Waals surface area contributed by atoms with Crippen LogP contribution in [0.1, 0.15) is 5.56 Å². The number of nitrogens with two attached hydrogens (primary N) is 1. The molecule has 1 aromatic rings. The number of hydrogen-bond donors (Lipinski definition) is 4. The van der Waals surface area contributed by atoms with E-state index in [1.807, 2.05) is 0 Å². The Kier molecular flexibility index (Phi) is 4.75. The van der Waals surface area contributed by atoms with Crippen LogP contribution in [0, 0.1) is 0 Å². The molecule has 0 aliphatic carbocycles. The summed E-state index contributed by atoms with van der Waals surface area (Å²) in [7, 11) is 0. The number of hydrogen-bond acceptors (Lipinski definition) is 4. The number of aliphatic hydroxyl groups is 1. The number of amides is 1. The van der Waals surface area contributed by atoms with Gasteiger partial charge in [0.15, 0.2) is 0 Å². The van der Waals surface area contributed by atoms with Gasteiger partial charge in [-0.2, -0.15) is 0 Å². The van der Waals surface area contributed by atoms with E-state index in [4.69, 9.17) is 15.9 Å². The first kappa shape index (κ1) is 12.5. The Bertz CT molecular complexity index is 338. The zero-order chi connectivity index (χ0) is 12.0. The van der Waals surface area contributed by atoms with Crippen molar-refractivity contribution in [2.45, 2.75) is 12.5 Å². The minimum absolute atomic E-state index is 0.0995. The summed E-state index contributed by atoms with van der Waals surface area (Å²) in [6.07, 6.45) is 0.400. The molecule has 1 amide bonds. The van der Waals surface area contributed by atoms with Gasteiger partial charge in [0, 0.05) is 6.54 Å². The Hall–Kier alpha value is -1.59. The number of benzene rings is 1. The molecule has 5 N–H and O–H groups in total. The minimum atomic E-state index is -0.643. The molecule has 0 bridgehead atoms. The van der Waals surface area contributed by atoms with Crippen LogP contribution in [0.3, 0.4) is 0 Å². The van der Waals surface area contributed by atoms with Gasteiger partial charge in [-0.25, -0.2) is 0 Å². The van der Waals surface area contributed by atoms with Crippen LogP contribution in [-0.4, -0.2) is 35.3 Å². The van der Waals surface area contributed by atoms with Crippen molar-refractivity contribution in [2.24, 2.45) is 5.73 Å². The van der Waals surface area contributed by atoms with Crippen LogP contribution < -0.4 is 11.1 Å². The van der Waals surface area contributed by atoms with E-state index in [1.165, 1.54) is 0 Å². The van der Waals surface area contributed by atoms with E-state index in [2.05, 4.69) is 5.32 Å². The quantitative estimate of drug-likeness (QED) is 0.535. The normalized spacial score (nSPS) is 12.1. The molecule has 1 unspecified atom stereocenters. The van der Waals surface area contributed by atoms with Crippen LogP contribution in [-0.2, 0) is 11.2 Å². The molecule has 0 saturated heterocycles. The van der Waals surface area contributed by atoms with Crippen molar-refractivity contribution in [1.29, 1.82) is 0 Å². The number of phenols is 1. The average molecular weight is 224 g/mol. The smallest absolute Gasteiger partial charge is 0.237 e. The monoisotopic (exact) mass is 224 g/mol. The maximum atomic E-state index is 11.4. The molecule has 0 heterocycles. The molecular formula is C11H16N2O3. The zero-order valence-electron chi connectivity index (χ0n) is 8.89. The van der Waals surface area contributed by atoms with Crippen molar-refractivity contribution < 1.29 is 15.0 Å². The summed E-state index contributed by atoms with van der Waals surface area (Å²) in [4.78, 5) is 11.4. The maximum absolute atomic E-state index is 11.4. The lowest BCUT2D eigenvalue weighted by Gasteiger charge is -2.11. The molecule has 5 nitrogen and oxygen atoms in total. The number of carbonyl (C=O) groups is 1. The number of rotatable bonds is 5. The van der Waals surface area contributed by atoms with E-state index >= 15 is 0 Å². The van der Waals surface area contributed by atoms with Gasteiger partial charge < -0.3 is 21.3 Å². The lowest BCUT2D eigenvalue weighted by Crippen LogP contribution is -2.42. The second-order valence-corrected chi connectivity index (χ2v) is 3.49. The largest absolute Gasteiger partial charge is 0.508 e. The summed E-state index contributed by atoms with van der Waals surface area (Å²) in [6, 6.07) is 5.89. The van der Waals surface area contributed by atoms with E-state index in [1.54, 1.807) is 24.3 Å². The first-order chi connectivity index (χ1) is 7.63. The molecular weight excluding hydrogens is 208 g/mol. The summed E-state index contributed by atoms with van der Waals surface area (Å²) in [6.45, 7) is 0.111. The van der Waals surface area contributed by atoms with Crippen molar-refractivity contribution in [1.82, 2.24) is 5.32 Å². The van der Waals surface area contributed by atoms with Gasteiger partial charge in [-0.3, -0.25) is 4.79 Å². The standard InChI is InChI=1S/C11H16N2O3/c12-10(11(16)13-5-6-14)7-8-1-3-9(15)4-2-8/h1-4,10,14-15H,5-7,12H2,(H,13,16). The van der Waals surface area contributed by atoms with Gasteiger partial charge in [-0.05, 0) is 24.1 Å². The molecule has 0 aromatic heterocycles. The van der Waals surface area contributed by atoms with Crippen LogP contribution >= 0.6 is 0 Å². The molecule has 0 saturated carbocycles. The predicted octanol–water partition coefficient (Wildman–Crippen LogP) is -0.630. The number of phenolic OH excluding ortho intramolecular Hbond substituents is 1. The SMILES string of the molecule is NC(Cc1ccc(O)cc1)C(=O)NCCO. The molecule has 5 heteroatoms. The van der Waals surface area contributed by atoms with Gasteiger partial charge in [0.2, 0.25) is 5.91 Å². The molecule has 0 aliphatic heterocycles. The summed E-state index contributed by atoms with van der Waals surface area (Å²) < 4.78 is 0. The number of carbonyl (C=O) groups excluding carboxylic acids is 1. The zero-order valence-corrected chi connectivity index (χ0v) is 8.89. The molecule has 16 heavy (non-hydrogen) atoms. The number of nitrogens with one attached hydrogen (secondary N) is 1. The molecule has 0 fully saturated rings. The molecule has 1 rings (SSSR count). The highest BCUT2D eigenvalue weighted by molar-refractivity contribution is 5.81. The van der Waals surface area contributed by atoms with Gasteiger partial charge in [0.25, 0.3) is 0 Å². The first-order valence-corrected chi connectivity index (χ1v) is 5.05. The Morgan fingerprint density at radius 1 is 1.38 bits per heavy atom. The Labute approximate surface area is 93.9 Å². The Morgan fingerprint density at radius 3 is 2.56 bits per heavy atom. The van der Waals surface area contributed by atoms with Gasteiger partial charge >= 0.3 is 0 Å². The van der Waals surface area contributed by atoms with E-state index in [-0.39, 0.29) is 24.8 Å². The van der Waals surface area contributed by atoms with Crippen molar-refractivity contribution in [2.75, 3.05) is 13.2 Å². The molecule has 0 aliphatic rings. The number of aromatic hydroxyl groups is 1. The van der Waals surface area contributed by atoms with E-state index in [9.17, 15) is 4.79 Å². The highest BCUT2D eigenvalue weighted by Crippen LogP contribution is 2.10. The average Bonchev–Trinajstić information content (AvgIpc) is 2.29.